The Morgan fingerprint density at radius 1 is 1.35 bits per heavy atom. The van der Waals surface area contributed by atoms with Crippen molar-refractivity contribution >= 4 is 11.7 Å². The van der Waals surface area contributed by atoms with Crippen LogP contribution >= 0.6 is 0 Å². The van der Waals surface area contributed by atoms with Crippen LogP contribution in [0.3, 0.4) is 0 Å². The van der Waals surface area contributed by atoms with Crippen molar-refractivity contribution in [1.82, 2.24) is 14.9 Å². The number of nitrogens with zero attached hydrogens (tertiary/aromatic N) is 2. The van der Waals surface area contributed by atoms with Gasteiger partial charge in [-0.1, -0.05) is 0 Å². The Hall–Kier alpha value is -1.85. The summed E-state index contributed by atoms with van der Waals surface area (Å²) < 4.78 is 1.75. The van der Waals surface area contributed by atoms with E-state index < -0.39 is 0 Å². The Bertz CT molecular complexity index is 546. The van der Waals surface area contributed by atoms with Gasteiger partial charge in [0.05, 0.1) is 0 Å². The lowest BCUT2D eigenvalue weighted by Crippen LogP contribution is -2.26. The monoisotopic (exact) mass is 276 g/mol. The second-order valence-electron chi connectivity index (χ2n) is 5.59. The van der Waals surface area contributed by atoms with E-state index in [9.17, 15) is 9.59 Å². The highest BCUT2D eigenvalue weighted by Crippen LogP contribution is 2.33. The molecular weight excluding hydrogens is 256 g/mol. The van der Waals surface area contributed by atoms with E-state index in [2.05, 4.69) is 15.6 Å². The molecule has 0 atom stereocenters. The number of hydrogen-bond donors (Lipinski definition) is 2. The number of carbonyl (C=O) groups is 1. The van der Waals surface area contributed by atoms with Crippen molar-refractivity contribution in [2.75, 3.05) is 11.9 Å². The minimum atomic E-state index is -0.0579. The van der Waals surface area contributed by atoms with Gasteiger partial charge in [-0.2, -0.15) is 0 Å². The average molecular weight is 276 g/mol. The summed E-state index contributed by atoms with van der Waals surface area (Å²) in [5.74, 6) is 0.493. The van der Waals surface area contributed by atoms with Crippen molar-refractivity contribution in [3.63, 3.8) is 0 Å². The SMILES string of the molecule is O=C(CCCNc1nccn(C2CC2)c1=O)NC1CC1. The summed E-state index contributed by atoms with van der Waals surface area (Å²) in [7, 11) is 0. The smallest absolute Gasteiger partial charge is 0.293 e. The van der Waals surface area contributed by atoms with Crippen LogP contribution in [0.5, 0.6) is 0 Å². The fourth-order valence-corrected chi connectivity index (χ4v) is 2.17. The summed E-state index contributed by atoms with van der Waals surface area (Å²) in [5, 5.41) is 5.98. The van der Waals surface area contributed by atoms with Crippen LogP contribution in [0.2, 0.25) is 0 Å². The minimum absolute atomic E-state index is 0.0579. The molecule has 2 aliphatic rings. The van der Waals surface area contributed by atoms with Gasteiger partial charge in [-0.15, -0.1) is 0 Å². The van der Waals surface area contributed by atoms with E-state index in [-0.39, 0.29) is 11.5 Å². The van der Waals surface area contributed by atoms with Crippen LogP contribution < -0.4 is 16.2 Å². The van der Waals surface area contributed by atoms with Gasteiger partial charge in [0.1, 0.15) is 0 Å². The summed E-state index contributed by atoms with van der Waals surface area (Å²) >= 11 is 0. The molecule has 6 heteroatoms. The van der Waals surface area contributed by atoms with E-state index in [0.29, 0.717) is 37.3 Å². The number of amides is 1. The molecule has 20 heavy (non-hydrogen) atoms. The van der Waals surface area contributed by atoms with E-state index in [0.717, 1.165) is 25.7 Å². The topological polar surface area (TPSA) is 76.0 Å². The van der Waals surface area contributed by atoms with Gasteiger partial charge in [0.2, 0.25) is 5.91 Å². The van der Waals surface area contributed by atoms with Crippen LogP contribution in [0.15, 0.2) is 17.2 Å². The third kappa shape index (κ3) is 3.37. The van der Waals surface area contributed by atoms with Gasteiger partial charge < -0.3 is 15.2 Å². The number of rotatable bonds is 7. The Morgan fingerprint density at radius 3 is 2.85 bits per heavy atom. The van der Waals surface area contributed by atoms with E-state index >= 15 is 0 Å². The summed E-state index contributed by atoms with van der Waals surface area (Å²) in [6.45, 7) is 0.592. The van der Waals surface area contributed by atoms with Gasteiger partial charge >= 0.3 is 0 Å². The van der Waals surface area contributed by atoms with Gasteiger partial charge in [-0.25, -0.2) is 4.98 Å². The van der Waals surface area contributed by atoms with Crippen molar-refractivity contribution in [2.45, 2.75) is 50.6 Å². The molecule has 2 saturated carbocycles. The predicted octanol–water partition coefficient (Wildman–Crippen LogP) is 1.05. The zero-order chi connectivity index (χ0) is 13.9. The summed E-state index contributed by atoms with van der Waals surface area (Å²) in [4.78, 5) is 27.7. The third-order valence-corrected chi connectivity index (χ3v) is 3.62. The Labute approximate surface area is 117 Å². The van der Waals surface area contributed by atoms with Crippen LogP contribution in [0.25, 0.3) is 0 Å². The number of anilines is 1. The van der Waals surface area contributed by atoms with Crippen LogP contribution in [0, 0.1) is 0 Å². The van der Waals surface area contributed by atoms with E-state index in [4.69, 9.17) is 0 Å². The molecule has 2 N–H and O–H groups in total. The lowest BCUT2D eigenvalue weighted by atomic mass is 10.3. The van der Waals surface area contributed by atoms with Crippen molar-refractivity contribution in [2.24, 2.45) is 0 Å². The first-order valence-corrected chi connectivity index (χ1v) is 7.34. The van der Waals surface area contributed by atoms with Gasteiger partial charge in [-0.05, 0) is 32.1 Å². The van der Waals surface area contributed by atoms with E-state index in [1.165, 1.54) is 0 Å². The minimum Gasteiger partial charge on any atom is -0.365 e. The molecule has 0 bridgehead atoms. The van der Waals surface area contributed by atoms with Crippen molar-refractivity contribution in [3.05, 3.63) is 22.7 Å². The molecule has 1 aromatic heterocycles. The molecule has 0 spiro atoms. The van der Waals surface area contributed by atoms with Crippen molar-refractivity contribution < 1.29 is 4.79 Å². The first-order chi connectivity index (χ1) is 9.74. The molecule has 0 saturated heterocycles. The zero-order valence-electron chi connectivity index (χ0n) is 11.5. The summed E-state index contributed by atoms with van der Waals surface area (Å²) in [6.07, 6.45) is 8.97. The Kier molecular flexibility index (Phi) is 3.71. The molecule has 3 rings (SSSR count). The van der Waals surface area contributed by atoms with Gasteiger partial charge in [0.15, 0.2) is 5.82 Å². The molecule has 1 amide bonds. The van der Waals surface area contributed by atoms with Gasteiger partial charge in [0, 0.05) is 37.4 Å². The molecule has 2 fully saturated rings. The molecule has 2 aliphatic carbocycles. The average Bonchev–Trinajstić information content (AvgIpc) is 3.29. The van der Waals surface area contributed by atoms with Gasteiger partial charge in [-0.3, -0.25) is 9.59 Å². The Morgan fingerprint density at radius 2 is 2.15 bits per heavy atom. The highest BCUT2D eigenvalue weighted by molar-refractivity contribution is 5.76. The van der Waals surface area contributed by atoms with Crippen LogP contribution in [-0.4, -0.2) is 28.0 Å². The van der Waals surface area contributed by atoms with E-state index in [1.54, 1.807) is 17.0 Å². The molecule has 6 nitrogen and oxygen atoms in total. The van der Waals surface area contributed by atoms with Gasteiger partial charge in [0.25, 0.3) is 5.56 Å². The van der Waals surface area contributed by atoms with Crippen LogP contribution in [0.4, 0.5) is 5.82 Å². The molecule has 0 unspecified atom stereocenters. The lowest BCUT2D eigenvalue weighted by molar-refractivity contribution is -0.121. The lowest BCUT2D eigenvalue weighted by Gasteiger charge is -2.08. The second kappa shape index (κ2) is 5.64. The molecule has 0 aliphatic heterocycles. The fourth-order valence-electron chi connectivity index (χ4n) is 2.17. The predicted molar refractivity (Wildman–Crippen MR) is 75.7 cm³/mol. The molecule has 108 valence electrons. The maximum absolute atomic E-state index is 12.1. The van der Waals surface area contributed by atoms with E-state index in [1.807, 2.05) is 0 Å². The van der Waals surface area contributed by atoms with Crippen molar-refractivity contribution in [1.29, 1.82) is 0 Å². The van der Waals surface area contributed by atoms with Crippen LogP contribution in [0.1, 0.15) is 44.6 Å². The third-order valence-electron chi connectivity index (χ3n) is 3.62. The molecule has 1 aromatic rings. The normalized spacial score (nSPS) is 17.8. The molecular formula is C14H20N4O2. The largest absolute Gasteiger partial charge is 0.365 e. The number of nitrogens with one attached hydrogen (secondary N) is 2. The number of hydrogen-bond acceptors (Lipinski definition) is 4. The highest BCUT2D eigenvalue weighted by atomic mass is 16.1. The first-order valence-electron chi connectivity index (χ1n) is 7.34. The van der Waals surface area contributed by atoms with Crippen LogP contribution in [-0.2, 0) is 4.79 Å². The number of aromatic nitrogens is 2. The first kappa shape index (κ1) is 13.1. The second-order valence-corrected chi connectivity index (χ2v) is 5.59. The zero-order valence-corrected chi connectivity index (χ0v) is 11.5. The fraction of sp³-hybridized carbons (Fsp3) is 0.643. The highest BCUT2D eigenvalue weighted by Gasteiger charge is 2.25. The Balaban J connectivity index is 1.44. The standard InChI is InChI=1S/C14H20N4O2/c19-12(17-10-3-4-10)2-1-7-15-13-14(20)18(9-8-16-13)11-5-6-11/h8-11H,1-7H2,(H,15,16)(H,17,19). The molecule has 0 radical (unpaired) electrons. The summed E-state index contributed by atoms with van der Waals surface area (Å²) in [6, 6.07) is 0.771. The maximum Gasteiger partial charge on any atom is 0.293 e. The van der Waals surface area contributed by atoms with Crippen molar-refractivity contribution in [3.8, 4) is 0 Å². The molecule has 1 heterocycles. The molecule has 0 aromatic carbocycles. The number of carbonyl (C=O) groups excluding carboxylic acids is 1. The summed E-state index contributed by atoms with van der Waals surface area (Å²) in [5.41, 5.74) is -0.0579. The quantitative estimate of drug-likeness (QED) is 0.730. The maximum atomic E-state index is 12.1.